The van der Waals surface area contributed by atoms with Gasteiger partial charge in [0.1, 0.15) is 11.9 Å². The summed E-state index contributed by atoms with van der Waals surface area (Å²) in [5, 5.41) is 0. The molecule has 0 saturated carbocycles. The number of methoxy groups -OCH3 is 2. The monoisotopic (exact) mass is 602 g/mol. The number of carbonyl (C=O) groups excluding carboxylic acids is 2. The molecule has 0 radical (unpaired) electrons. The van der Waals surface area contributed by atoms with E-state index in [0.29, 0.717) is 57.2 Å². The first-order valence-electron chi connectivity index (χ1n) is 16.1. The van der Waals surface area contributed by atoms with Crippen molar-refractivity contribution in [1.82, 2.24) is 0 Å². The Labute approximate surface area is 258 Å². The highest BCUT2D eigenvalue weighted by Gasteiger charge is 2.35. The van der Waals surface area contributed by atoms with Gasteiger partial charge in [-0.15, -0.1) is 0 Å². The molecule has 0 unspecified atom stereocenters. The summed E-state index contributed by atoms with van der Waals surface area (Å²) in [4.78, 5) is 24.3. The second-order valence-corrected chi connectivity index (χ2v) is 12.7. The van der Waals surface area contributed by atoms with E-state index in [4.69, 9.17) is 28.4 Å². The number of allylic oxidation sites excluding steroid dienone is 2. The Kier molecular flexibility index (Phi) is 15.2. The summed E-state index contributed by atoms with van der Waals surface area (Å²) in [7, 11) is 3.38. The maximum absolute atomic E-state index is 12.5. The van der Waals surface area contributed by atoms with Crippen LogP contribution in [0, 0.1) is 11.8 Å². The quantitative estimate of drug-likeness (QED) is 0.112. The normalized spacial score (nSPS) is 26.9. The summed E-state index contributed by atoms with van der Waals surface area (Å²) in [6, 6.07) is 7.84. The Bertz CT molecular complexity index is 990. The van der Waals surface area contributed by atoms with Crippen LogP contribution in [0.4, 0.5) is 0 Å². The Morgan fingerprint density at radius 2 is 1.74 bits per heavy atom. The van der Waals surface area contributed by atoms with Crippen molar-refractivity contribution < 1.29 is 38.0 Å². The lowest BCUT2D eigenvalue weighted by molar-refractivity contribution is -0.164. The van der Waals surface area contributed by atoms with Crippen LogP contribution in [0.3, 0.4) is 0 Å². The molecule has 3 rings (SSSR count). The van der Waals surface area contributed by atoms with Crippen LogP contribution >= 0.6 is 0 Å². The summed E-state index contributed by atoms with van der Waals surface area (Å²) in [5.41, 5.74) is 1.08. The zero-order valence-electron chi connectivity index (χ0n) is 27.1. The highest BCUT2D eigenvalue weighted by molar-refractivity contribution is 5.89. The molecule has 0 N–H and O–H groups in total. The number of rotatable bonds is 17. The number of hydrogen-bond acceptors (Lipinski definition) is 8. The van der Waals surface area contributed by atoms with E-state index in [-0.39, 0.29) is 48.4 Å². The van der Waals surface area contributed by atoms with E-state index < -0.39 is 0 Å². The highest BCUT2D eigenvalue weighted by Crippen LogP contribution is 2.33. The average Bonchev–Trinajstić information content (AvgIpc) is 2.96. The van der Waals surface area contributed by atoms with Crippen LogP contribution in [0.5, 0.6) is 5.75 Å². The summed E-state index contributed by atoms with van der Waals surface area (Å²) in [5.74, 6) is 1.61. The number of esters is 1. The van der Waals surface area contributed by atoms with Crippen LogP contribution in [-0.4, -0.2) is 69.2 Å². The predicted octanol–water partition coefficient (Wildman–Crippen LogP) is 6.62. The Balaban J connectivity index is 1.50. The fourth-order valence-corrected chi connectivity index (χ4v) is 5.99. The van der Waals surface area contributed by atoms with Crippen LogP contribution in [0.1, 0.15) is 91.0 Å². The van der Waals surface area contributed by atoms with Gasteiger partial charge in [-0.1, -0.05) is 39.0 Å². The van der Waals surface area contributed by atoms with E-state index in [9.17, 15) is 9.59 Å². The molecule has 8 heteroatoms. The van der Waals surface area contributed by atoms with Crippen molar-refractivity contribution in [3.63, 3.8) is 0 Å². The van der Waals surface area contributed by atoms with Gasteiger partial charge in [-0.2, -0.15) is 0 Å². The molecule has 0 aliphatic carbocycles. The fraction of sp³-hybridized carbons (Fsp3) is 0.714. The second kappa shape index (κ2) is 18.5. The molecule has 1 aromatic carbocycles. The van der Waals surface area contributed by atoms with Gasteiger partial charge in [0.25, 0.3) is 0 Å². The molecule has 242 valence electrons. The summed E-state index contributed by atoms with van der Waals surface area (Å²) < 4.78 is 35.7. The molecule has 2 aliphatic heterocycles. The van der Waals surface area contributed by atoms with Gasteiger partial charge in [-0.25, -0.2) is 0 Å². The van der Waals surface area contributed by atoms with E-state index in [0.717, 1.165) is 37.0 Å². The van der Waals surface area contributed by atoms with E-state index in [1.165, 1.54) is 6.92 Å². The number of ether oxygens (including phenoxy) is 6. The largest absolute Gasteiger partial charge is 0.497 e. The van der Waals surface area contributed by atoms with Crippen molar-refractivity contribution in [3.05, 3.63) is 42.0 Å². The van der Waals surface area contributed by atoms with Crippen LogP contribution in [0.25, 0.3) is 0 Å². The third-order valence-electron chi connectivity index (χ3n) is 8.42. The van der Waals surface area contributed by atoms with Crippen LogP contribution < -0.4 is 4.74 Å². The molecule has 0 spiro atoms. The Hall–Kier alpha value is -2.26. The van der Waals surface area contributed by atoms with Crippen molar-refractivity contribution in [2.24, 2.45) is 11.8 Å². The molecule has 0 bridgehead atoms. The first-order chi connectivity index (χ1) is 20.6. The van der Waals surface area contributed by atoms with E-state index in [1.54, 1.807) is 20.3 Å². The fourth-order valence-electron chi connectivity index (χ4n) is 5.99. The molecular formula is C35H54O8. The van der Waals surface area contributed by atoms with Gasteiger partial charge < -0.3 is 28.4 Å². The van der Waals surface area contributed by atoms with Crippen molar-refractivity contribution in [3.8, 4) is 5.75 Å². The van der Waals surface area contributed by atoms with E-state index >= 15 is 0 Å². The highest BCUT2D eigenvalue weighted by atomic mass is 16.6. The molecule has 2 aliphatic rings. The van der Waals surface area contributed by atoms with E-state index in [2.05, 4.69) is 20.8 Å². The molecule has 2 saturated heterocycles. The van der Waals surface area contributed by atoms with Gasteiger partial charge in [0.05, 0.1) is 44.2 Å². The second-order valence-electron chi connectivity index (χ2n) is 12.7. The molecule has 7 atom stereocenters. The van der Waals surface area contributed by atoms with Gasteiger partial charge in [-0.05, 0) is 67.7 Å². The third-order valence-corrected chi connectivity index (χ3v) is 8.42. The van der Waals surface area contributed by atoms with Gasteiger partial charge >= 0.3 is 5.97 Å². The zero-order chi connectivity index (χ0) is 31.2. The molecule has 1 aromatic rings. The number of hydrogen-bond donors (Lipinski definition) is 0. The van der Waals surface area contributed by atoms with Crippen LogP contribution in [0.2, 0.25) is 0 Å². The predicted molar refractivity (Wildman–Crippen MR) is 166 cm³/mol. The Morgan fingerprint density at radius 1 is 1.00 bits per heavy atom. The lowest BCUT2D eigenvalue weighted by atomic mass is 9.87. The lowest BCUT2D eigenvalue weighted by Crippen LogP contribution is -2.42. The first kappa shape index (κ1) is 35.2. The topological polar surface area (TPSA) is 89.5 Å². The van der Waals surface area contributed by atoms with Crippen molar-refractivity contribution >= 4 is 11.8 Å². The SMILES string of the molecule is COc1ccc(COCC[C@H]2C[C@@H](OC(C)=O)C[C@@H](C[C@@H](C[C@H]3O[C@H](CC(=O)/C=C/CC(C)C)CC[C@@H]3C)OC)O2)cc1. The summed E-state index contributed by atoms with van der Waals surface area (Å²) in [6.45, 7) is 9.02. The molecule has 2 fully saturated rings. The van der Waals surface area contributed by atoms with Crippen LogP contribution in [-0.2, 0) is 39.9 Å². The summed E-state index contributed by atoms with van der Waals surface area (Å²) >= 11 is 0. The van der Waals surface area contributed by atoms with Gasteiger partial charge in [-0.3, -0.25) is 9.59 Å². The van der Waals surface area contributed by atoms with Gasteiger partial charge in [0.2, 0.25) is 0 Å². The average molecular weight is 603 g/mol. The lowest BCUT2D eigenvalue weighted by Gasteiger charge is -2.39. The molecule has 0 amide bonds. The van der Waals surface area contributed by atoms with Crippen LogP contribution in [0.15, 0.2) is 36.4 Å². The molecule has 2 heterocycles. The van der Waals surface area contributed by atoms with Gasteiger partial charge in [0, 0.05) is 46.3 Å². The first-order valence-corrected chi connectivity index (χ1v) is 16.1. The molecule has 43 heavy (non-hydrogen) atoms. The standard InChI is InChI=1S/C35H54O8/c1-24(2)8-7-9-28(37)18-30-13-10-25(3)35(43-30)22-32(39-6)20-34-21-33(41-26(4)36)19-31(42-34)16-17-40-23-27-11-14-29(38-5)15-12-27/h7,9,11-12,14-15,24-25,30-35H,8,10,13,16-23H2,1-6H3/b9-7+/t25-,30-,31-,32-,33+,34+,35+/m0/s1. The minimum atomic E-state index is -0.271. The zero-order valence-corrected chi connectivity index (χ0v) is 27.1. The number of ketones is 1. The molecular weight excluding hydrogens is 548 g/mol. The van der Waals surface area contributed by atoms with Crippen molar-refractivity contribution in [2.45, 2.75) is 129 Å². The van der Waals surface area contributed by atoms with Crippen molar-refractivity contribution in [1.29, 1.82) is 0 Å². The van der Waals surface area contributed by atoms with Crippen molar-refractivity contribution in [2.75, 3.05) is 20.8 Å². The maximum atomic E-state index is 12.5. The van der Waals surface area contributed by atoms with E-state index in [1.807, 2.05) is 30.3 Å². The maximum Gasteiger partial charge on any atom is 0.302 e. The summed E-state index contributed by atoms with van der Waals surface area (Å²) in [6.07, 6.45) is 9.92. The minimum absolute atomic E-state index is 0.0196. The molecule has 8 nitrogen and oxygen atoms in total. The number of benzene rings is 1. The Morgan fingerprint density at radius 3 is 2.42 bits per heavy atom. The number of carbonyl (C=O) groups is 2. The third kappa shape index (κ3) is 13.1. The minimum Gasteiger partial charge on any atom is -0.497 e. The smallest absolute Gasteiger partial charge is 0.302 e. The molecule has 0 aromatic heterocycles. The van der Waals surface area contributed by atoms with Gasteiger partial charge in [0.15, 0.2) is 5.78 Å².